The first-order valence-electron chi connectivity index (χ1n) is 33.4. The maximum atomic E-state index is 12.9. The molecule has 0 bridgehead atoms. The van der Waals surface area contributed by atoms with Crippen molar-refractivity contribution in [3.8, 4) is 0 Å². The fraction of sp³-hybridized carbons (Fsp3) is 0.712. The highest BCUT2D eigenvalue weighted by Crippen LogP contribution is 2.17. The van der Waals surface area contributed by atoms with Crippen LogP contribution >= 0.6 is 0 Å². The highest BCUT2D eigenvalue weighted by Gasteiger charge is 2.19. The Hall–Kier alpha value is -3.93. The molecule has 0 amide bonds. The fourth-order valence-electron chi connectivity index (χ4n) is 9.35. The summed E-state index contributed by atoms with van der Waals surface area (Å²) in [5.41, 5.74) is 0. The SMILES string of the molecule is CC/C=C\C/C=C\C/C=C\C/C=C\C/C=C\CCCC(=O)OCC(COC(=O)CCCCCCCCCCCCCCCCCCCCCCCCCCC)OC(=O)CCCCCCCC/C=C\C/C=C\C/C=C\C/C=C\CC. The van der Waals surface area contributed by atoms with Crippen LogP contribution in [0.15, 0.2) is 109 Å². The lowest BCUT2D eigenvalue weighted by molar-refractivity contribution is -0.167. The Balaban J connectivity index is 4.40. The molecule has 0 radical (unpaired) electrons. The third-order valence-corrected chi connectivity index (χ3v) is 14.3. The maximum Gasteiger partial charge on any atom is 0.306 e. The largest absolute Gasteiger partial charge is 0.462 e. The van der Waals surface area contributed by atoms with Crippen LogP contribution in [0.1, 0.15) is 316 Å². The van der Waals surface area contributed by atoms with E-state index >= 15 is 0 Å². The molecule has 0 aromatic carbocycles. The summed E-state index contributed by atoms with van der Waals surface area (Å²) in [5, 5.41) is 0. The Kier molecular flexibility index (Phi) is 63.3. The van der Waals surface area contributed by atoms with Gasteiger partial charge in [-0.25, -0.2) is 0 Å². The van der Waals surface area contributed by atoms with Gasteiger partial charge in [0, 0.05) is 19.3 Å². The van der Waals surface area contributed by atoms with E-state index in [1.807, 2.05) is 0 Å². The molecule has 79 heavy (non-hydrogen) atoms. The molecule has 1 atom stereocenters. The monoisotopic (exact) mass is 1100 g/mol. The van der Waals surface area contributed by atoms with Gasteiger partial charge in [-0.15, -0.1) is 0 Å². The van der Waals surface area contributed by atoms with Crippen molar-refractivity contribution in [1.29, 1.82) is 0 Å². The van der Waals surface area contributed by atoms with Crippen molar-refractivity contribution in [3.05, 3.63) is 109 Å². The average Bonchev–Trinajstić information content (AvgIpc) is 3.45. The number of unbranched alkanes of at least 4 members (excludes halogenated alkanes) is 31. The molecule has 0 heterocycles. The van der Waals surface area contributed by atoms with Crippen molar-refractivity contribution >= 4 is 17.9 Å². The highest BCUT2D eigenvalue weighted by molar-refractivity contribution is 5.71. The van der Waals surface area contributed by atoms with Gasteiger partial charge < -0.3 is 14.2 Å². The van der Waals surface area contributed by atoms with Gasteiger partial charge in [0.1, 0.15) is 13.2 Å². The van der Waals surface area contributed by atoms with Gasteiger partial charge in [-0.1, -0.05) is 310 Å². The van der Waals surface area contributed by atoms with E-state index in [1.165, 1.54) is 154 Å². The Bertz CT molecular complexity index is 1590. The number of rotatable bonds is 60. The fourth-order valence-corrected chi connectivity index (χ4v) is 9.35. The summed E-state index contributed by atoms with van der Waals surface area (Å²) in [6.07, 6.45) is 91.1. The first-order valence-corrected chi connectivity index (χ1v) is 33.4. The molecule has 0 saturated carbocycles. The van der Waals surface area contributed by atoms with E-state index in [0.717, 1.165) is 116 Å². The Labute approximate surface area is 489 Å². The van der Waals surface area contributed by atoms with Gasteiger partial charge in [0.25, 0.3) is 0 Å². The maximum absolute atomic E-state index is 12.9. The Morgan fingerprint density at radius 1 is 0.266 bits per heavy atom. The van der Waals surface area contributed by atoms with E-state index in [-0.39, 0.29) is 37.5 Å². The van der Waals surface area contributed by atoms with Crippen LogP contribution < -0.4 is 0 Å². The van der Waals surface area contributed by atoms with E-state index in [4.69, 9.17) is 14.2 Å². The quantitative estimate of drug-likeness (QED) is 0.0261. The molecule has 0 rings (SSSR count). The summed E-state index contributed by atoms with van der Waals surface area (Å²) in [7, 11) is 0. The molecule has 0 aliphatic rings. The predicted molar refractivity (Wildman–Crippen MR) is 343 cm³/mol. The molecule has 0 aliphatic carbocycles. The lowest BCUT2D eigenvalue weighted by atomic mass is 10.0. The predicted octanol–water partition coefficient (Wildman–Crippen LogP) is 23.0. The zero-order valence-corrected chi connectivity index (χ0v) is 51.9. The number of hydrogen-bond acceptors (Lipinski definition) is 6. The number of hydrogen-bond donors (Lipinski definition) is 0. The van der Waals surface area contributed by atoms with Crippen LogP contribution in [-0.2, 0) is 28.6 Å². The zero-order chi connectivity index (χ0) is 57.1. The summed E-state index contributed by atoms with van der Waals surface area (Å²) in [5.74, 6) is -0.965. The highest BCUT2D eigenvalue weighted by atomic mass is 16.6. The van der Waals surface area contributed by atoms with Gasteiger partial charge in [0.15, 0.2) is 6.10 Å². The van der Waals surface area contributed by atoms with Crippen LogP contribution in [0.2, 0.25) is 0 Å². The van der Waals surface area contributed by atoms with Gasteiger partial charge in [0.2, 0.25) is 0 Å². The van der Waals surface area contributed by atoms with Crippen LogP contribution in [0, 0.1) is 0 Å². The van der Waals surface area contributed by atoms with E-state index in [9.17, 15) is 14.4 Å². The Morgan fingerprint density at radius 3 is 0.823 bits per heavy atom. The summed E-state index contributed by atoms with van der Waals surface area (Å²) in [4.78, 5) is 38.4. The minimum atomic E-state index is -0.811. The summed E-state index contributed by atoms with van der Waals surface area (Å²) < 4.78 is 16.9. The van der Waals surface area contributed by atoms with Crippen molar-refractivity contribution in [2.24, 2.45) is 0 Å². The van der Waals surface area contributed by atoms with Gasteiger partial charge in [-0.05, 0) is 96.3 Å². The van der Waals surface area contributed by atoms with Gasteiger partial charge in [0.05, 0.1) is 0 Å². The number of allylic oxidation sites excluding steroid dienone is 18. The molecule has 6 heteroatoms. The first-order chi connectivity index (χ1) is 39.0. The van der Waals surface area contributed by atoms with Crippen LogP contribution in [0.4, 0.5) is 0 Å². The summed E-state index contributed by atoms with van der Waals surface area (Å²) >= 11 is 0. The Morgan fingerprint density at radius 2 is 0.506 bits per heavy atom. The van der Waals surface area contributed by atoms with Crippen LogP contribution in [0.5, 0.6) is 0 Å². The molecule has 0 N–H and O–H groups in total. The average molecular weight is 1100 g/mol. The number of esters is 3. The smallest absolute Gasteiger partial charge is 0.306 e. The topological polar surface area (TPSA) is 78.9 Å². The normalized spacial score (nSPS) is 12.8. The minimum Gasteiger partial charge on any atom is -0.462 e. The third-order valence-electron chi connectivity index (χ3n) is 14.3. The molecule has 0 aromatic heterocycles. The van der Waals surface area contributed by atoms with Crippen molar-refractivity contribution in [2.75, 3.05) is 13.2 Å². The molecule has 0 saturated heterocycles. The van der Waals surface area contributed by atoms with Gasteiger partial charge in [-0.3, -0.25) is 14.4 Å². The molecule has 0 spiro atoms. The van der Waals surface area contributed by atoms with Crippen LogP contribution in [0.3, 0.4) is 0 Å². The van der Waals surface area contributed by atoms with E-state index < -0.39 is 6.10 Å². The molecular weight excluding hydrogens is 973 g/mol. The van der Waals surface area contributed by atoms with E-state index in [2.05, 4.69) is 130 Å². The van der Waals surface area contributed by atoms with E-state index in [0.29, 0.717) is 19.3 Å². The zero-order valence-electron chi connectivity index (χ0n) is 51.9. The summed E-state index contributed by atoms with van der Waals surface area (Å²) in [6.45, 7) is 6.39. The molecule has 6 nitrogen and oxygen atoms in total. The molecule has 1 unspecified atom stereocenters. The molecule has 0 fully saturated rings. The standard InChI is InChI=1S/C73H124O6/c1-4-7-10-13-16-19-22-25-28-31-33-34-35-36-37-38-40-42-45-48-51-54-57-60-63-66-72(75)78-69-70(68-77-71(74)65-62-59-56-53-50-47-44-41-30-27-24-21-18-15-12-9-6-3)79-73(76)67-64-61-58-55-52-49-46-43-39-32-29-26-23-20-17-14-11-8-5-2/h8-9,11-12,17-18,20-21,26-27,29-30,39,43-44,47,53,56,70H,4-7,10,13-16,19,22-25,28,31-38,40-42,45-46,48-52,54-55,57-69H2,1-3H3/b11-8-,12-9-,20-17-,21-18-,29-26-,30-27-,43-39-,47-44-,56-53-. The van der Waals surface area contributed by atoms with E-state index in [1.54, 1.807) is 0 Å². The van der Waals surface area contributed by atoms with Crippen LogP contribution in [0.25, 0.3) is 0 Å². The molecular formula is C73H124O6. The summed E-state index contributed by atoms with van der Waals surface area (Å²) in [6, 6.07) is 0. The van der Waals surface area contributed by atoms with Crippen molar-refractivity contribution in [3.63, 3.8) is 0 Å². The van der Waals surface area contributed by atoms with Crippen molar-refractivity contribution in [2.45, 2.75) is 322 Å². The first kappa shape index (κ1) is 75.1. The number of carbonyl (C=O) groups is 3. The van der Waals surface area contributed by atoms with Crippen molar-refractivity contribution in [1.82, 2.24) is 0 Å². The lowest BCUT2D eigenvalue weighted by Crippen LogP contribution is -2.30. The molecule has 0 aliphatic heterocycles. The van der Waals surface area contributed by atoms with Crippen LogP contribution in [-0.4, -0.2) is 37.2 Å². The third kappa shape index (κ3) is 64.8. The second kappa shape index (κ2) is 66.6. The number of ether oxygens (including phenoxy) is 3. The number of carbonyl (C=O) groups excluding carboxylic acids is 3. The molecule has 0 aromatic rings. The van der Waals surface area contributed by atoms with Gasteiger partial charge in [-0.2, -0.15) is 0 Å². The molecule has 452 valence electrons. The van der Waals surface area contributed by atoms with Crippen molar-refractivity contribution < 1.29 is 28.6 Å². The lowest BCUT2D eigenvalue weighted by Gasteiger charge is -2.18. The minimum absolute atomic E-state index is 0.101. The second-order valence-corrected chi connectivity index (χ2v) is 22.0. The second-order valence-electron chi connectivity index (χ2n) is 22.0. The van der Waals surface area contributed by atoms with Gasteiger partial charge >= 0.3 is 17.9 Å².